The zero-order valence-corrected chi connectivity index (χ0v) is 14.8. The van der Waals surface area contributed by atoms with Gasteiger partial charge < -0.3 is 19.1 Å². The first-order valence-corrected chi connectivity index (χ1v) is 8.52. The number of hydrogen-bond donors (Lipinski definition) is 0. The van der Waals surface area contributed by atoms with Gasteiger partial charge in [-0.15, -0.1) is 11.8 Å². The van der Waals surface area contributed by atoms with Crippen molar-refractivity contribution in [2.24, 2.45) is 0 Å². The van der Waals surface area contributed by atoms with Gasteiger partial charge in [0.15, 0.2) is 11.5 Å². The average Bonchev–Trinajstić information content (AvgIpc) is 2.65. The lowest BCUT2D eigenvalue weighted by Gasteiger charge is -2.30. The van der Waals surface area contributed by atoms with Crippen LogP contribution in [-0.2, 0) is 14.3 Å². The number of nitrogens with zero attached hydrogens (tertiary/aromatic N) is 1. The second kappa shape index (κ2) is 8.63. The van der Waals surface area contributed by atoms with Crippen molar-refractivity contribution in [3.05, 3.63) is 29.8 Å². The number of amides is 1. The van der Waals surface area contributed by atoms with Crippen molar-refractivity contribution in [2.45, 2.75) is 5.25 Å². The molecular formula is C17H21NO5S. The summed E-state index contributed by atoms with van der Waals surface area (Å²) >= 11 is 1.52. The van der Waals surface area contributed by atoms with Gasteiger partial charge in [0.2, 0.25) is 5.91 Å². The molecule has 7 heteroatoms. The first kappa shape index (κ1) is 18.2. The molecule has 1 aliphatic heterocycles. The van der Waals surface area contributed by atoms with Crippen LogP contribution in [0.4, 0.5) is 0 Å². The third-order valence-corrected chi connectivity index (χ3v) is 4.83. The summed E-state index contributed by atoms with van der Waals surface area (Å²) < 4.78 is 15.2. The van der Waals surface area contributed by atoms with E-state index >= 15 is 0 Å². The number of hydrogen-bond acceptors (Lipinski definition) is 6. The second-order valence-electron chi connectivity index (χ2n) is 5.11. The largest absolute Gasteiger partial charge is 0.493 e. The van der Waals surface area contributed by atoms with Gasteiger partial charge in [-0.05, 0) is 23.8 Å². The van der Waals surface area contributed by atoms with Gasteiger partial charge >= 0.3 is 5.97 Å². The highest BCUT2D eigenvalue weighted by Crippen LogP contribution is 2.28. The van der Waals surface area contributed by atoms with E-state index in [1.165, 1.54) is 24.9 Å². The molecule has 1 aliphatic rings. The van der Waals surface area contributed by atoms with Crippen LogP contribution in [0.15, 0.2) is 24.3 Å². The van der Waals surface area contributed by atoms with Crippen LogP contribution in [0, 0.1) is 0 Å². The number of ether oxygens (including phenoxy) is 3. The number of methoxy groups -OCH3 is 3. The molecule has 0 aliphatic carbocycles. The zero-order chi connectivity index (χ0) is 17.5. The Balaban J connectivity index is 2.03. The van der Waals surface area contributed by atoms with E-state index in [9.17, 15) is 9.59 Å². The molecule has 0 unspecified atom stereocenters. The highest BCUT2D eigenvalue weighted by molar-refractivity contribution is 8.00. The van der Waals surface area contributed by atoms with Gasteiger partial charge in [-0.1, -0.05) is 6.07 Å². The van der Waals surface area contributed by atoms with Crippen LogP contribution >= 0.6 is 11.8 Å². The fourth-order valence-corrected chi connectivity index (χ4v) is 3.48. The van der Waals surface area contributed by atoms with Crippen molar-refractivity contribution in [2.75, 3.05) is 40.2 Å². The maximum atomic E-state index is 12.3. The Hall–Kier alpha value is -2.15. The Morgan fingerprint density at radius 2 is 1.96 bits per heavy atom. The number of thioether (sulfide) groups is 1. The summed E-state index contributed by atoms with van der Waals surface area (Å²) in [5.41, 5.74) is 0.830. The molecule has 1 heterocycles. The van der Waals surface area contributed by atoms with Crippen molar-refractivity contribution >= 4 is 29.7 Å². The molecule has 1 amide bonds. The summed E-state index contributed by atoms with van der Waals surface area (Å²) in [4.78, 5) is 25.6. The molecule has 2 rings (SSSR count). The predicted octanol–water partition coefficient (Wildman–Crippen LogP) is 1.83. The minimum atomic E-state index is -0.317. The van der Waals surface area contributed by atoms with E-state index in [0.717, 1.165) is 11.3 Å². The van der Waals surface area contributed by atoms with Crippen LogP contribution in [0.3, 0.4) is 0 Å². The van der Waals surface area contributed by atoms with Crippen LogP contribution in [-0.4, -0.2) is 62.2 Å². The molecule has 0 aromatic heterocycles. The van der Waals surface area contributed by atoms with Crippen molar-refractivity contribution in [1.29, 1.82) is 0 Å². The summed E-state index contributed by atoms with van der Waals surface area (Å²) in [5, 5.41) is -0.317. The van der Waals surface area contributed by atoms with Crippen molar-refractivity contribution in [3.8, 4) is 11.5 Å². The summed E-state index contributed by atoms with van der Waals surface area (Å²) in [6.07, 6.45) is 3.23. The Bertz CT molecular complexity index is 631. The van der Waals surface area contributed by atoms with Gasteiger partial charge in [0.25, 0.3) is 0 Å². The Kier molecular flexibility index (Phi) is 6.54. The zero-order valence-electron chi connectivity index (χ0n) is 14.0. The van der Waals surface area contributed by atoms with Gasteiger partial charge in [0.05, 0.1) is 21.3 Å². The molecule has 0 N–H and O–H groups in total. The Morgan fingerprint density at radius 1 is 1.21 bits per heavy atom. The minimum absolute atomic E-state index is 0.126. The van der Waals surface area contributed by atoms with Gasteiger partial charge in [0.1, 0.15) is 5.25 Å². The smallest absolute Gasteiger partial charge is 0.320 e. The van der Waals surface area contributed by atoms with E-state index in [0.29, 0.717) is 24.6 Å². The summed E-state index contributed by atoms with van der Waals surface area (Å²) in [5.74, 6) is 1.54. The van der Waals surface area contributed by atoms with E-state index in [4.69, 9.17) is 14.2 Å². The van der Waals surface area contributed by atoms with Crippen molar-refractivity contribution in [3.63, 3.8) is 0 Å². The fourth-order valence-electron chi connectivity index (χ4n) is 2.35. The van der Waals surface area contributed by atoms with Gasteiger partial charge in [-0.2, -0.15) is 0 Å². The molecule has 1 aromatic carbocycles. The molecule has 6 nitrogen and oxygen atoms in total. The van der Waals surface area contributed by atoms with Crippen molar-refractivity contribution in [1.82, 2.24) is 4.90 Å². The highest BCUT2D eigenvalue weighted by atomic mass is 32.2. The molecule has 1 atom stereocenters. The predicted molar refractivity (Wildman–Crippen MR) is 93.4 cm³/mol. The van der Waals surface area contributed by atoms with Crippen LogP contribution in [0.1, 0.15) is 5.56 Å². The number of rotatable bonds is 5. The lowest BCUT2D eigenvalue weighted by Crippen LogP contribution is -2.44. The third kappa shape index (κ3) is 4.44. The molecule has 1 aromatic rings. The summed E-state index contributed by atoms with van der Waals surface area (Å²) in [6, 6.07) is 5.42. The summed E-state index contributed by atoms with van der Waals surface area (Å²) in [7, 11) is 4.50. The fraction of sp³-hybridized carbons (Fsp3) is 0.412. The normalized spacial score (nSPS) is 17.6. The van der Waals surface area contributed by atoms with E-state index in [-0.39, 0.29) is 17.1 Å². The van der Waals surface area contributed by atoms with Crippen LogP contribution in [0.25, 0.3) is 6.08 Å². The maximum Gasteiger partial charge on any atom is 0.320 e. The van der Waals surface area contributed by atoms with E-state index in [1.54, 1.807) is 37.3 Å². The minimum Gasteiger partial charge on any atom is -0.493 e. The van der Waals surface area contributed by atoms with Crippen LogP contribution < -0.4 is 9.47 Å². The second-order valence-corrected chi connectivity index (χ2v) is 6.43. The van der Waals surface area contributed by atoms with E-state index in [1.807, 2.05) is 6.07 Å². The van der Waals surface area contributed by atoms with E-state index in [2.05, 4.69) is 0 Å². The molecule has 1 saturated heterocycles. The standard InChI is InChI=1S/C17H21NO5S/c1-21-13-6-4-12(10-14(13)22-2)5-7-16(19)18-8-9-24-15(11-18)17(20)23-3/h4-7,10,15H,8-9,11H2,1-3H3/b7-5+/t15-/m1/s1. The van der Waals surface area contributed by atoms with Crippen molar-refractivity contribution < 1.29 is 23.8 Å². The topological polar surface area (TPSA) is 65.1 Å². The number of carbonyl (C=O) groups excluding carboxylic acids is 2. The third-order valence-electron chi connectivity index (χ3n) is 3.67. The number of carbonyl (C=O) groups is 2. The molecule has 0 bridgehead atoms. The Labute approximate surface area is 145 Å². The first-order chi connectivity index (χ1) is 11.6. The van der Waals surface area contributed by atoms with Crippen LogP contribution in [0.5, 0.6) is 11.5 Å². The molecule has 0 spiro atoms. The molecular weight excluding hydrogens is 330 g/mol. The van der Waals surface area contributed by atoms with Crippen LogP contribution in [0.2, 0.25) is 0 Å². The van der Waals surface area contributed by atoms with Gasteiger partial charge in [0, 0.05) is 24.9 Å². The molecule has 130 valence electrons. The monoisotopic (exact) mass is 351 g/mol. The van der Waals surface area contributed by atoms with E-state index < -0.39 is 0 Å². The molecule has 0 saturated carbocycles. The first-order valence-electron chi connectivity index (χ1n) is 7.47. The average molecular weight is 351 g/mol. The Morgan fingerprint density at radius 3 is 2.62 bits per heavy atom. The van der Waals surface area contributed by atoms with Gasteiger partial charge in [-0.25, -0.2) is 0 Å². The SMILES string of the molecule is COC(=O)[C@H]1CN(C(=O)/C=C/c2ccc(OC)c(OC)c2)CCS1. The highest BCUT2D eigenvalue weighted by Gasteiger charge is 2.28. The maximum absolute atomic E-state index is 12.3. The molecule has 1 fully saturated rings. The number of benzene rings is 1. The number of esters is 1. The lowest BCUT2D eigenvalue weighted by molar-refractivity contribution is -0.140. The molecule has 24 heavy (non-hydrogen) atoms. The quantitative estimate of drug-likeness (QED) is 0.596. The summed E-state index contributed by atoms with van der Waals surface area (Å²) in [6.45, 7) is 0.986. The lowest BCUT2D eigenvalue weighted by atomic mass is 10.2. The van der Waals surface area contributed by atoms with Gasteiger partial charge in [-0.3, -0.25) is 9.59 Å². The molecule has 0 radical (unpaired) electrons.